The maximum atomic E-state index is 13.3. The smallest absolute Gasteiger partial charge is 0.257 e. The molecule has 132 valence electrons. The van der Waals surface area contributed by atoms with Crippen LogP contribution in [-0.4, -0.2) is 15.9 Å². The van der Waals surface area contributed by atoms with Crippen LogP contribution in [0.1, 0.15) is 15.9 Å². The van der Waals surface area contributed by atoms with Crippen molar-refractivity contribution in [3.05, 3.63) is 89.9 Å². The number of hydrogen-bond acceptors (Lipinski definition) is 3. The Morgan fingerprint density at radius 3 is 2.56 bits per heavy atom. The summed E-state index contributed by atoms with van der Waals surface area (Å²) in [5, 5.41) is 3.61. The molecule has 0 unspecified atom stereocenters. The van der Waals surface area contributed by atoms with E-state index < -0.39 is 0 Å². The molecule has 4 nitrogen and oxygen atoms in total. The number of para-hydroxylation sites is 1. The Morgan fingerprint density at radius 1 is 1.00 bits per heavy atom. The first-order chi connectivity index (χ1) is 13.1. The molecular formula is C22H16FN3O. The molecule has 1 amide bonds. The fourth-order valence-corrected chi connectivity index (χ4v) is 2.92. The summed E-state index contributed by atoms with van der Waals surface area (Å²) in [5.41, 5.74) is 3.41. The highest BCUT2D eigenvalue weighted by atomic mass is 19.1. The minimum absolute atomic E-state index is 0.265. The van der Waals surface area contributed by atoms with E-state index in [1.807, 2.05) is 43.3 Å². The molecule has 1 N–H and O–H groups in total. The first-order valence-electron chi connectivity index (χ1n) is 8.50. The van der Waals surface area contributed by atoms with E-state index in [-0.39, 0.29) is 11.7 Å². The lowest BCUT2D eigenvalue weighted by Gasteiger charge is -2.11. The highest BCUT2D eigenvalue weighted by Crippen LogP contribution is 2.26. The average molecular weight is 357 g/mol. The number of carbonyl (C=O) groups is 1. The van der Waals surface area contributed by atoms with Crippen molar-refractivity contribution in [1.29, 1.82) is 0 Å². The number of halogens is 1. The largest absolute Gasteiger partial charge is 0.306 e. The van der Waals surface area contributed by atoms with Gasteiger partial charge in [-0.2, -0.15) is 0 Å². The number of anilines is 1. The number of pyridine rings is 2. The van der Waals surface area contributed by atoms with Crippen molar-refractivity contribution < 1.29 is 9.18 Å². The lowest BCUT2D eigenvalue weighted by Crippen LogP contribution is -2.15. The van der Waals surface area contributed by atoms with Crippen LogP contribution in [0.3, 0.4) is 0 Å². The van der Waals surface area contributed by atoms with E-state index in [9.17, 15) is 9.18 Å². The van der Waals surface area contributed by atoms with E-state index in [0.717, 1.165) is 16.5 Å². The molecule has 0 saturated carbocycles. The molecule has 0 aliphatic carbocycles. The lowest BCUT2D eigenvalue weighted by molar-refractivity contribution is 0.102. The third kappa shape index (κ3) is 3.40. The Hall–Kier alpha value is -3.60. The van der Waals surface area contributed by atoms with E-state index in [4.69, 9.17) is 0 Å². The SMILES string of the molecule is Cc1cccnc1NC(=O)c1cc(-c2ccc(F)cc2)nc2ccccc12. The molecule has 4 aromatic rings. The van der Waals surface area contributed by atoms with Crippen molar-refractivity contribution in [2.75, 3.05) is 5.32 Å². The molecule has 0 aliphatic rings. The van der Waals surface area contributed by atoms with Gasteiger partial charge in [-0.25, -0.2) is 14.4 Å². The third-order valence-corrected chi connectivity index (χ3v) is 4.34. The fraction of sp³-hybridized carbons (Fsp3) is 0.0455. The average Bonchev–Trinajstić information content (AvgIpc) is 2.69. The maximum absolute atomic E-state index is 13.3. The fourth-order valence-electron chi connectivity index (χ4n) is 2.92. The number of hydrogen-bond donors (Lipinski definition) is 1. The monoisotopic (exact) mass is 357 g/mol. The van der Waals surface area contributed by atoms with Crippen LogP contribution >= 0.6 is 0 Å². The van der Waals surface area contributed by atoms with Crippen molar-refractivity contribution in [3.8, 4) is 11.3 Å². The predicted octanol–water partition coefficient (Wildman–Crippen LogP) is 5.00. The van der Waals surface area contributed by atoms with Gasteiger partial charge in [-0.15, -0.1) is 0 Å². The van der Waals surface area contributed by atoms with Gasteiger partial charge in [0.2, 0.25) is 0 Å². The number of carbonyl (C=O) groups excluding carboxylic acids is 1. The molecule has 0 radical (unpaired) electrons. The first-order valence-corrected chi connectivity index (χ1v) is 8.50. The normalized spacial score (nSPS) is 10.7. The Morgan fingerprint density at radius 2 is 1.78 bits per heavy atom. The van der Waals surface area contributed by atoms with Gasteiger partial charge in [-0.05, 0) is 55.0 Å². The zero-order chi connectivity index (χ0) is 18.8. The quantitative estimate of drug-likeness (QED) is 0.561. The Balaban J connectivity index is 1.82. The van der Waals surface area contributed by atoms with Gasteiger partial charge in [0.25, 0.3) is 5.91 Å². The third-order valence-electron chi connectivity index (χ3n) is 4.34. The van der Waals surface area contributed by atoms with Crippen molar-refractivity contribution in [1.82, 2.24) is 9.97 Å². The number of fused-ring (bicyclic) bond motifs is 1. The number of benzene rings is 2. The van der Waals surface area contributed by atoms with Gasteiger partial charge in [0.05, 0.1) is 16.8 Å². The summed E-state index contributed by atoms with van der Waals surface area (Å²) in [5.74, 6) is -0.0615. The Labute approximate surface area is 155 Å². The molecule has 4 rings (SSSR count). The molecule has 0 aliphatic heterocycles. The van der Waals surface area contributed by atoms with Gasteiger partial charge in [0.15, 0.2) is 0 Å². The van der Waals surface area contributed by atoms with Crippen LogP contribution in [0.5, 0.6) is 0 Å². The van der Waals surface area contributed by atoms with E-state index in [0.29, 0.717) is 22.6 Å². The zero-order valence-electron chi connectivity index (χ0n) is 14.6. The maximum Gasteiger partial charge on any atom is 0.257 e. The van der Waals surface area contributed by atoms with Crippen LogP contribution in [0, 0.1) is 12.7 Å². The minimum Gasteiger partial charge on any atom is -0.306 e. The molecule has 0 spiro atoms. The highest BCUT2D eigenvalue weighted by molar-refractivity contribution is 6.13. The Bertz CT molecular complexity index is 1140. The van der Waals surface area contributed by atoms with E-state index >= 15 is 0 Å². The molecule has 27 heavy (non-hydrogen) atoms. The van der Waals surface area contributed by atoms with E-state index in [2.05, 4.69) is 15.3 Å². The number of nitrogens with zero attached hydrogens (tertiary/aromatic N) is 2. The van der Waals surface area contributed by atoms with E-state index in [1.54, 1.807) is 24.4 Å². The zero-order valence-corrected chi connectivity index (χ0v) is 14.6. The summed E-state index contributed by atoms with van der Waals surface area (Å²) >= 11 is 0. The van der Waals surface area contributed by atoms with Crippen molar-refractivity contribution >= 4 is 22.6 Å². The van der Waals surface area contributed by atoms with Crippen LogP contribution in [-0.2, 0) is 0 Å². The van der Waals surface area contributed by atoms with Crippen molar-refractivity contribution in [2.24, 2.45) is 0 Å². The van der Waals surface area contributed by atoms with Crippen LogP contribution in [0.25, 0.3) is 22.2 Å². The van der Waals surface area contributed by atoms with E-state index in [1.165, 1.54) is 12.1 Å². The molecule has 2 heterocycles. The summed E-state index contributed by atoms with van der Waals surface area (Å²) in [4.78, 5) is 21.8. The minimum atomic E-state index is -0.317. The predicted molar refractivity (Wildman–Crippen MR) is 104 cm³/mol. The molecule has 2 aromatic carbocycles. The standard InChI is InChI=1S/C22H16FN3O/c1-14-5-4-12-24-21(14)26-22(27)18-13-20(15-8-10-16(23)11-9-15)25-19-7-3-2-6-17(18)19/h2-13H,1H3,(H,24,26,27). The van der Waals surface area contributed by atoms with Crippen molar-refractivity contribution in [2.45, 2.75) is 6.92 Å². The molecule has 0 saturated heterocycles. The summed E-state index contributed by atoms with van der Waals surface area (Å²) < 4.78 is 13.3. The van der Waals surface area contributed by atoms with Gasteiger partial charge in [0, 0.05) is 17.1 Å². The summed E-state index contributed by atoms with van der Waals surface area (Å²) in [6.45, 7) is 1.89. The molecule has 0 atom stereocenters. The summed E-state index contributed by atoms with van der Waals surface area (Å²) in [6, 6.07) is 18.9. The number of aryl methyl sites for hydroxylation is 1. The van der Waals surface area contributed by atoms with Gasteiger partial charge >= 0.3 is 0 Å². The van der Waals surface area contributed by atoms with Gasteiger partial charge in [0.1, 0.15) is 11.6 Å². The second kappa shape index (κ2) is 6.96. The summed E-state index contributed by atoms with van der Waals surface area (Å²) in [6.07, 6.45) is 1.64. The summed E-state index contributed by atoms with van der Waals surface area (Å²) in [7, 11) is 0. The molecule has 5 heteroatoms. The van der Waals surface area contributed by atoms with Crippen LogP contribution in [0.2, 0.25) is 0 Å². The van der Waals surface area contributed by atoms with Crippen molar-refractivity contribution in [3.63, 3.8) is 0 Å². The number of nitrogens with one attached hydrogen (secondary N) is 1. The number of aromatic nitrogens is 2. The number of rotatable bonds is 3. The molecular weight excluding hydrogens is 341 g/mol. The second-order valence-corrected chi connectivity index (χ2v) is 6.20. The molecule has 2 aromatic heterocycles. The first kappa shape index (κ1) is 16.8. The van der Waals surface area contributed by atoms with Crippen LogP contribution < -0.4 is 5.32 Å². The topological polar surface area (TPSA) is 54.9 Å². The molecule has 0 bridgehead atoms. The van der Waals surface area contributed by atoms with Gasteiger partial charge in [-0.1, -0.05) is 24.3 Å². The van der Waals surface area contributed by atoms with Crippen LogP contribution in [0.15, 0.2) is 72.9 Å². The molecule has 0 fully saturated rings. The van der Waals surface area contributed by atoms with Gasteiger partial charge < -0.3 is 5.32 Å². The van der Waals surface area contributed by atoms with Crippen LogP contribution in [0.4, 0.5) is 10.2 Å². The lowest BCUT2D eigenvalue weighted by atomic mass is 10.0. The second-order valence-electron chi connectivity index (χ2n) is 6.20. The highest BCUT2D eigenvalue weighted by Gasteiger charge is 2.15. The Kier molecular flexibility index (Phi) is 4.34. The van der Waals surface area contributed by atoms with Gasteiger partial charge in [-0.3, -0.25) is 4.79 Å². The number of amides is 1.